The van der Waals surface area contributed by atoms with E-state index in [1.54, 1.807) is 18.5 Å². The van der Waals surface area contributed by atoms with E-state index in [1.807, 2.05) is 42.5 Å². The van der Waals surface area contributed by atoms with Crippen molar-refractivity contribution >= 4 is 27.4 Å². The van der Waals surface area contributed by atoms with E-state index < -0.39 is 11.7 Å². The van der Waals surface area contributed by atoms with Gasteiger partial charge < -0.3 is 19.9 Å². The van der Waals surface area contributed by atoms with Gasteiger partial charge in [-0.3, -0.25) is 9.55 Å². The van der Waals surface area contributed by atoms with E-state index in [0.717, 1.165) is 28.6 Å². The minimum absolute atomic E-state index is 0.0756. The van der Waals surface area contributed by atoms with Crippen LogP contribution >= 0.6 is 0 Å². The van der Waals surface area contributed by atoms with E-state index in [1.165, 1.54) is 10.6 Å². The van der Waals surface area contributed by atoms with Gasteiger partial charge in [-0.15, -0.1) is 0 Å². The molecule has 0 spiro atoms. The van der Waals surface area contributed by atoms with Gasteiger partial charge in [0.1, 0.15) is 11.9 Å². The van der Waals surface area contributed by atoms with Gasteiger partial charge in [0, 0.05) is 47.9 Å². The predicted octanol–water partition coefficient (Wildman–Crippen LogP) is 6.68. The fourth-order valence-electron chi connectivity index (χ4n) is 4.78. The maximum atomic E-state index is 13.7. The lowest BCUT2D eigenvalue weighted by Crippen LogP contribution is -2.16. The van der Waals surface area contributed by atoms with Gasteiger partial charge in [0.05, 0.1) is 35.4 Å². The first kappa shape index (κ1) is 24.1. The van der Waals surface area contributed by atoms with Gasteiger partial charge in [-0.2, -0.15) is 13.2 Å². The third-order valence-corrected chi connectivity index (χ3v) is 6.65. The van der Waals surface area contributed by atoms with E-state index in [2.05, 4.69) is 10.3 Å². The molecule has 0 unspecified atom stereocenters. The Kier molecular flexibility index (Phi) is 6.07. The summed E-state index contributed by atoms with van der Waals surface area (Å²) in [6.07, 6.45) is -0.922. The summed E-state index contributed by atoms with van der Waals surface area (Å²) in [5.74, 6) is -0.0908. The van der Waals surface area contributed by atoms with Crippen molar-refractivity contribution in [2.75, 3.05) is 18.5 Å². The molecular formula is C29H24F3N3O3. The average Bonchev–Trinajstić information content (AvgIpc) is 3.54. The largest absolute Gasteiger partial charge is 0.494 e. The van der Waals surface area contributed by atoms with Crippen LogP contribution in [-0.4, -0.2) is 34.0 Å². The average molecular weight is 520 g/mol. The van der Waals surface area contributed by atoms with Crippen LogP contribution in [0.15, 0.2) is 79.1 Å². The molecule has 2 N–H and O–H groups in total. The highest BCUT2D eigenvalue weighted by Crippen LogP contribution is 2.39. The van der Waals surface area contributed by atoms with Crippen LogP contribution in [0.2, 0.25) is 0 Å². The Hall–Kier alpha value is -4.24. The SMILES string of the molecule is Oc1c2c(NCc3ccc4ncccc4c3)cccc2cn1-c1cc(O[C@@H]2CCOC2)cc(C(F)(F)F)c1. The van der Waals surface area contributed by atoms with Crippen molar-refractivity contribution < 1.29 is 27.8 Å². The lowest BCUT2D eigenvalue weighted by Gasteiger charge is -2.17. The number of fused-ring (bicyclic) bond motifs is 2. The van der Waals surface area contributed by atoms with Crippen molar-refractivity contribution in [2.24, 2.45) is 0 Å². The van der Waals surface area contributed by atoms with Gasteiger partial charge in [0.25, 0.3) is 0 Å². The van der Waals surface area contributed by atoms with Crippen LogP contribution in [0.25, 0.3) is 27.4 Å². The van der Waals surface area contributed by atoms with Crippen molar-refractivity contribution in [3.8, 4) is 17.3 Å². The first-order chi connectivity index (χ1) is 18.3. The highest BCUT2D eigenvalue weighted by atomic mass is 19.4. The summed E-state index contributed by atoms with van der Waals surface area (Å²) in [4.78, 5) is 4.34. The number of nitrogens with one attached hydrogen (secondary N) is 1. The van der Waals surface area contributed by atoms with Crippen molar-refractivity contribution in [2.45, 2.75) is 25.2 Å². The second-order valence-corrected chi connectivity index (χ2v) is 9.29. The molecule has 3 aromatic carbocycles. The summed E-state index contributed by atoms with van der Waals surface area (Å²) >= 11 is 0. The normalized spacial score (nSPS) is 15.8. The molecule has 6 rings (SSSR count). The molecule has 6 nitrogen and oxygen atoms in total. The lowest BCUT2D eigenvalue weighted by atomic mass is 10.1. The molecule has 1 saturated heterocycles. The number of hydrogen-bond acceptors (Lipinski definition) is 5. The zero-order valence-electron chi connectivity index (χ0n) is 20.2. The molecule has 194 valence electrons. The van der Waals surface area contributed by atoms with Crippen LogP contribution in [0.3, 0.4) is 0 Å². The predicted molar refractivity (Wildman–Crippen MR) is 139 cm³/mol. The van der Waals surface area contributed by atoms with E-state index in [4.69, 9.17) is 9.47 Å². The van der Waals surface area contributed by atoms with Crippen molar-refractivity contribution in [1.82, 2.24) is 9.55 Å². The van der Waals surface area contributed by atoms with E-state index in [9.17, 15) is 18.3 Å². The second kappa shape index (κ2) is 9.57. The van der Waals surface area contributed by atoms with Crippen LogP contribution in [0, 0.1) is 0 Å². The lowest BCUT2D eigenvalue weighted by molar-refractivity contribution is -0.137. The number of rotatable bonds is 6. The molecule has 1 atom stereocenters. The number of halogens is 3. The number of ether oxygens (including phenoxy) is 2. The van der Waals surface area contributed by atoms with Gasteiger partial charge in [-0.1, -0.05) is 24.3 Å². The molecule has 3 heterocycles. The minimum atomic E-state index is -4.58. The van der Waals surface area contributed by atoms with Gasteiger partial charge in [0.15, 0.2) is 0 Å². The Bertz CT molecular complexity index is 1620. The summed E-state index contributed by atoms with van der Waals surface area (Å²) < 4.78 is 53.7. The Labute approximate surface area is 216 Å². The highest BCUT2D eigenvalue weighted by Gasteiger charge is 2.32. The topological polar surface area (TPSA) is 68.5 Å². The van der Waals surface area contributed by atoms with Crippen LogP contribution < -0.4 is 10.1 Å². The minimum Gasteiger partial charge on any atom is -0.494 e. The number of hydrogen-bond donors (Lipinski definition) is 2. The molecule has 9 heteroatoms. The zero-order valence-corrected chi connectivity index (χ0v) is 20.2. The molecule has 0 bridgehead atoms. The molecule has 1 fully saturated rings. The smallest absolute Gasteiger partial charge is 0.416 e. The molecule has 0 aliphatic carbocycles. The van der Waals surface area contributed by atoms with Crippen molar-refractivity contribution in [1.29, 1.82) is 0 Å². The van der Waals surface area contributed by atoms with Gasteiger partial charge in [-0.25, -0.2) is 0 Å². The summed E-state index contributed by atoms with van der Waals surface area (Å²) in [5, 5.41) is 16.8. The summed E-state index contributed by atoms with van der Waals surface area (Å²) in [5.41, 5.74) is 1.88. The first-order valence-corrected chi connectivity index (χ1v) is 12.2. The third-order valence-electron chi connectivity index (χ3n) is 6.65. The quantitative estimate of drug-likeness (QED) is 0.262. The Morgan fingerprint density at radius 1 is 1.05 bits per heavy atom. The first-order valence-electron chi connectivity index (χ1n) is 12.2. The summed E-state index contributed by atoms with van der Waals surface area (Å²) in [6.45, 7) is 1.32. The summed E-state index contributed by atoms with van der Waals surface area (Å²) in [6, 6.07) is 18.8. The van der Waals surface area contributed by atoms with Gasteiger partial charge in [-0.05, 0) is 42.0 Å². The van der Waals surface area contributed by atoms with Crippen LogP contribution in [0.5, 0.6) is 11.6 Å². The molecule has 2 aromatic heterocycles. The fraction of sp³-hybridized carbons (Fsp3) is 0.207. The number of aromatic nitrogens is 2. The number of benzene rings is 3. The van der Waals surface area contributed by atoms with Crippen molar-refractivity contribution in [3.05, 3.63) is 90.3 Å². The monoisotopic (exact) mass is 519 g/mol. The molecule has 1 aliphatic rings. The molecule has 0 amide bonds. The molecule has 1 aliphatic heterocycles. The molecular weight excluding hydrogens is 495 g/mol. The van der Waals surface area contributed by atoms with Crippen LogP contribution in [0.1, 0.15) is 17.5 Å². The molecule has 0 saturated carbocycles. The Balaban J connectivity index is 1.35. The maximum Gasteiger partial charge on any atom is 0.416 e. The van der Waals surface area contributed by atoms with E-state index >= 15 is 0 Å². The molecule has 5 aromatic rings. The van der Waals surface area contributed by atoms with Crippen molar-refractivity contribution in [3.63, 3.8) is 0 Å². The number of anilines is 1. The number of nitrogens with zero attached hydrogens (tertiary/aromatic N) is 2. The highest BCUT2D eigenvalue weighted by molar-refractivity contribution is 5.99. The maximum absolute atomic E-state index is 13.7. The van der Waals surface area contributed by atoms with Gasteiger partial charge >= 0.3 is 6.18 Å². The third kappa shape index (κ3) is 4.72. The second-order valence-electron chi connectivity index (χ2n) is 9.29. The fourth-order valence-corrected chi connectivity index (χ4v) is 4.78. The van der Waals surface area contributed by atoms with E-state index in [0.29, 0.717) is 42.6 Å². The zero-order chi connectivity index (χ0) is 26.3. The van der Waals surface area contributed by atoms with Gasteiger partial charge in [0.2, 0.25) is 5.88 Å². The molecule has 38 heavy (non-hydrogen) atoms. The molecule has 0 radical (unpaired) electrons. The number of pyridine rings is 1. The standard InChI is InChI=1S/C29H24F3N3O3/c30-29(31,32)21-12-22(14-24(13-21)38-23-8-10-37-17-23)35-16-20-3-1-5-26(27(20)28(35)36)34-15-18-6-7-25-19(11-18)4-2-9-33-25/h1-7,9,11-14,16,23,34,36H,8,10,15,17H2/t23-/m1/s1. The van der Waals surface area contributed by atoms with Crippen LogP contribution in [-0.2, 0) is 17.5 Å². The summed E-state index contributed by atoms with van der Waals surface area (Å²) in [7, 11) is 0. The van der Waals surface area contributed by atoms with E-state index in [-0.39, 0.29) is 23.4 Å². The van der Waals surface area contributed by atoms with Crippen LogP contribution in [0.4, 0.5) is 18.9 Å². The Morgan fingerprint density at radius 3 is 2.74 bits per heavy atom. The number of alkyl halides is 3. The number of aromatic hydroxyl groups is 1. The Morgan fingerprint density at radius 2 is 1.92 bits per heavy atom.